The normalized spacial score (nSPS) is 15.2. The van der Waals surface area contributed by atoms with Gasteiger partial charge >= 0.3 is 5.84 Å². The summed E-state index contributed by atoms with van der Waals surface area (Å²) in [6.45, 7) is 6.92. The SMILES string of the molecule is CC(C)(C)C1=C(c2ccccc2)c2cccc[n+]2C1=Nc1cnn(CCO)c1N. The van der Waals surface area contributed by atoms with Gasteiger partial charge in [0.05, 0.1) is 24.9 Å². The lowest BCUT2D eigenvalue weighted by atomic mass is 9.81. The molecular formula is C23H26N5O+. The average molecular weight is 388 g/mol. The minimum Gasteiger partial charge on any atom is -0.394 e. The molecular weight excluding hydrogens is 362 g/mol. The number of aromatic nitrogens is 3. The van der Waals surface area contributed by atoms with E-state index in [0.717, 1.165) is 22.7 Å². The summed E-state index contributed by atoms with van der Waals surface area (Å²) < 4.78 is 3.69. The van der Waals surface area contributed by atoms with Crippen LogP contribution >= 0.6 is 0 Å². The van der Waals surface area contributed by atoms with E-state index in [1.54, 1.807) is 10.9 Å². The van der Waals surface area contributed by atoms with Crippen LogP contribution in [-0.4, -0.2) is 27.3 Å². The molecule has 0 amide bonds. The number of aliphatic hydroxyl groups excluding tert-OH is 1. The zero-order valence-corrected chi connectivity index (χ0v) is 17.0. The Morgan fingerprint density at radius 2 is 1.83 bits per heavy atom. The predicted octanol–water partition coefficient (Wildman–Crippen LogP) is 3.19. The fourth-order valence-electron chi connectivity index (χ4n) is 3.77. The quantitative estimate of drug-likeness (QED) is 0.674. The third kappa shape index (κ3) is 3.36. The van der Waals surface area contributed by atoms with Crippen LogP contribution in [0.4, 0.5) is 11.5 Å². The molecule has 0 aliphatic carbocycles. The van der Waals surface area contributed by atoms with Gasteiger partial charge < -0.3 is 10.8 Å². The maximum atomic E-state index is 9.21. The van der Waals surface area contributed by atoms with Gasteiger partial charge in [-0.15, -0.1) is 0 Å². The Morgan fingerprint density at radius 1 is 1.10 bits per heavy atom. The lowest BCUT2D eigenvalue weighted by Gasteiger charge is -2.19. The monoisotopic (exact) mass is 388 g/mol. The number of nitrogens with zero attached hydrogens (tertiary/aromatic N) is 4. The molecule has 3 aromatic rings. The number of allylic oxidation sites excluding steroid dienone is 1. The first-order valence-corrected chi connectivity index (χ1v) is 9.74. The number of nitrogens with two attached hydrogens (primary N) is 1. The van der Waals surface area contributed by atoms with E-state index in [1.165, 1.54) is 5.57 Å². The molecule has 2 aromatic heterocycles. The zero-order chi connectivity index (χ0) is 20.6. The molecule has 0 fully saturated rings. The van der Waals surface area contributed by atoms with E-state index >= 15 is 0 Å². The van der Waals surface area contributed by atoms with Crippen molar-refractivity contribution in [3.05, 3.63) is 77.8 Å². The van der Waals surface area contributed by atoms with E-state index in [4.69, 9.17) is 10.7 Å². The van der Waals surface area contributed by atoms with Crippen LogP contribution < -0.4 is 10.3 Å². The predicted molar refractivity (Wildman–Crippen MR) is 115 cm³/mol. The van der Waals surface area contributed by atoms with Crippen molar-refractivity contribution in [1.29, 1.82) is 0 Å². The van der Waals surface area contributed by atoms with Crippen molar-refractivity contribution in [2.45, 2.75) is 27.3 Å². The van der Waals surface area contributed by atoms with Gasteiger partial charge in [-0.2, -0.15) is 9.67 Å². The summed E-state index contributed by atoms with van der Waals surface area (Å²) in [7, 11) is 0. The molecule has 1 aliphatic rings. The van der Waals surface area contributed by atoms with Crippen LogP contribution in [-0.2, 0) is 6.54 Å². The lowest BCUT2D eigenvalue weighted by molar-refractivity contribution is -0.554. The first-order valence-electron chi connectivity index (χ1n) is 9.74. The Morgan fingerprint density at radius 3 is 2.52 bits per heavy atom. The molecule has 1 aliphatic heterocycles. The standard InChI is InChI=1S/C23H25N5O/c1-23(2,3)20-19(16-9-5-4-6-10-16)18-11-7-8-12-27(18)22(20)26-17-15-25-28(13-14-29)21(17)24/h4-12,15,24,29H,13-14H2,1-3H3/p+1. The van der Waals surface area contributed by atoms with Crippen LogP contribution in [0.5, 0.6) is 0 Å². The highest BCUT2D eigenvalue weighted by Crippen LogP contribution is 2.40. The molecule has 3 N–H and O–H groups in total. The maximum Gasteiger partial charge on any atom is 0.333 e. The molecule has 3 heterocycles. The highest BCUT2D eigenvalue weighted by molar-refractivity contribution is 6.08. The Labute approximate surface area is 170 Å². The number of hydrogen-bond acceptors (Lipinski definition) is 4. The largest absolute Gasteiger partial charge is 0.394 e. The molecule has 6 heteroatoms. The van der Waals surface area contributed by atoms with E-state index in [-0.39, 0.29) is 12.0 Å². The number of fused-ring (bicyclic) bond motifs is 1. The van der Waals surface area contributed by atoms with Crippen molar-refractivity contribution in [3.8, 4) is 0 Å². The van der Waals surface area contributed by atoms with Crippen LogP contribution in [0, 0.1) is 5.41 Å². The van der Waals surface area contributed by atoms with Gasteiger partial charge in [0.25, 0.3) is 0 Å². The number of rotatable bonds is 4. The van der Waals surface area contributed by atoms with Crippen LogP contribution in [0.3, 0.4) is 0 Å². The molecule has 4 rings (SSSR count). The van der Waals surface area contributed by atoms with Crippen LogP contribution in [0.2, 0.25) is 0 Å². The highest BCUT2D eigenvalue weighted by atomic mass is 16.3. The van der Waals surface area contributed by atoms with Gasteiger partial charge in [0.1, 0.15) is 11.9 Å². The van der Waals surface area contributed by atoms with Gasteiger partial charge in [-0.1, -0.05) is 57.2 Å². The van der Waals surface area contributed by atoms with E-state index in [1.807, 2.05) is 24.4 Å². The minimum absolute atomic E-state index is 0.0230. The smallest absolute Gasteiger partial charge is 0.333 e. The van der Waals surface area contributed by atoms with Crippen LogP contribution in [0.15, 0.2) is 71.5 Å². The van der Waals surface area contributed by atoms with Crippen molar-refractivity contribution in [2.24, 2.45) is 10.4 Å². The number of aliphatic hydroxyl groups is 1. The van der Waals surface area contributed by atoms with Gasteiger partial charge in [0.2, 0.25) is 5.69 Å². The Balaban J connectivity index is 1.99. The molecule has 0 bridgehead atoms. The number of nitrogen functional groups attached to an aromatic ring is 1. The molecule has 0 radical (unpaired) electrons. The van der Waals surface area contributed by atoms with Gasteiger partial charge in [0.15, 0.2) is 5.82 Å². The number of pyridine rings is 1. The third-order valence-corrected chi connectivity index (χ3v) is 5.03. The number of anilines is 1. The summed E-state index contributed by atoms with van der Waals surface area (Å²) in [6, 6.07) is 16.6. The van der Waals surface area contributed by atoms with Crippen molar-refractivity contribution in [2.75, 3.05) is 12.3 Å². The third-order valence-electron chi connectivity index (χ3n) is 5.03. The zero-order valence-electron chi connectivity index (χ0n) is 17.0. The summed E-state index contributed by atoms with van der Waals surface area (Å²) in [5.41, 5.74) is 11.3. The Hall–Kier alpha value is -3.25. The Bertz CT molecular complexity index is 1100. The fraction of sp³-hybridized carbons (Fsp3) is 0.261. The van der Waals surface area contributed by atoms with Crippen LogP contribution in [0.1, 0.15) is 32.0 Å². The van der Waals surface area contributed by atoms with Crippen molar-refractivity contribution < 1.29 is 9.67 Å². The molecule has 29 heavy (non-hydrogen) atoms. The summed E-state index contributed by atoms with van der Waals surface area (Å²) >= 11 is 0. The number of benzene rings is 1. The van der Waals surface area contributed by atoms with Gasteiger partial charge in [0, 0.05) is 5.57 Å². The molecule has 0 spiro atoms. The maximum absolute atomic E-state index is 9.21. The van der Waals surface area contributed by atoms with Gasteiger partial charge in [-0.05, 0) is 28.1 Å². The average Bonchev–Trinajstić information content (AvgIpc) is 3.22. The van der Waals surface area contributed by atoms with E-state index in [2.05, 4.69) is 60.8 Å². The van der Waals surface area contributed by atoms with Crippen molar-refractivity contribution >= 4 is 22.9 Å². The molecule has 6 nitrogen and oxygen atoms in total. The second-order valence-electron chi connectivity index (χ2n) is 8.12. The first kappa shape index (κ1) is 19.1. The number of hydrogen-bond donors (Lipinski definition) is 2. The summed E-state index contributed by atoms with van der Waals surface area (Å²) in [5, 5.41) is 13.5. The second-order valence-corrected chi connectivity index (χ2v) is 8.12. The first-order chi connectivity index (χ1) is 13.9. The molecule has 1 aromatic carbocycles. The lowest BCUT2D eigenvalue weighted by Crippen LogP contribution is -2.44. The topological polar surface area (TPSA) is 80.3 Å². The van der Waals surface area contributed by atoms with Gasteiger partial charge in [-0.25, -0.2) is 4.68 Å². The van der Waals surface area contributed by atoms with Crippen LogP contribution in [0.25, 0.3) is 5.57 Å². The molecule has 0 saturated carbocycles. The van der Waals surface area contributed by atoms with Gasteiger partial charge in [-0.3, -0.25) is 0 Å². The highest BCUT2D eigenvalue weighted by Gasteiger charge is 2.41. The summed E-state index contributed by atoms with van der Waals surface area (Å²) in [4.78, 5) is 4.96. The summed E-state index contributed by atoms with van der Waals surface area (Å²) in [5.74, 6) is 1.30. The summed E-state index contributed by atoms with van der Waals surface area (Å²) in [6.07, 6.45) is 3.69. The Kier molecular flexibility index (Phi) is 4.80. The molecule has 0 saturated heterocycles. The number of aliphatic imine (C=N–C) groups is 1. The van der Waals surface area contributed by atoms with Crippen molar-refractivity contribution in [3.63, 3.8) is 0 Å². The molecule has 0 atom stereocenters. The molecule has 148 valence electrons. The minimum atomic E-state index is -0.147. The fourth-order valence-corrected chi connectivity index (χ4v) is 3.77. The van der Waals surface area contributed by atoms with Crippen molar-refractivity contribution in [1.82, 2.24) is 9.78 Å². The molecule has 0 unspecified atom stereocenters. The van der Waals surface area contributed by atoms with E-state index in [0.29, 0.717) is 18.1 Å². The van der Waals surface area contributed by atoms with E-state index < -0.39 is 0 Å². The second kappa shape index (κ2) is 7.29. The van der Waals surface area contributed by atoms with E-state index in [9.17, 15) is 5.11 Å².